The van der Waals surface area contributed by atoms with E-state index in [0.29, 0.717) is 17.2 Å². The molecular formula is C24H20N4O2. The largest absolute Gasteiger partial charge is 0.456 e. The number of nitrogens with one attached hydrogen (secondary N) is 1. The Bertz CT molecular complexity index is 1470. The molecule has 1 saturated carbocycles. The second-order valence-corrected chi connectivity index (χ2v) is 8.04. The van der Waals surface area contributed by atoms with Crippen molar-refractivity contribution in [3.8, 4) is 0 Å². The van der Waals surface area contributed by atoms with Crippen molar-refractivity contribution in [2.75, 3.05) is 5.32 Å². The molecule has 148 valence electrons. The normalized spacial score (nSPS) is 14.1. The van der Waals surface area contributed by atoms with Crippen LogP contribution < -0.4 is 5.32 Å². The zero-order valence-corrected chi connectivity index (χ0v) is 16.8. The minimum absolute atomic E-state index is 0.157. The van der Waals surface area contributed by atoms with Crippen molar-refractivity contribution in [1.29, 1.82) is 0 Å². The van der Waals surface area contributed by atoms with Crippen molar-refractivity contribution in [3.63, 3.8) is 0 Å². The van der Waals surface area contributed by atoms with Gasteiger partial charge in [0.15, 0.2) is 5.65 Å². The van der Waals surface area contributed by atoms with E-state index in [0.717, 1.165) is 57.2 Å². The molecule has 0 unspecified atom stereocenters. The van der Waals surface area contributed by atoms with Crippen molar-refractivity contribution in [3.05, 3.63) is 65.5 Å². The van der Waals surface area contributed by atoms with Crippen LogP contribution in [0.25, 0.3) is 33.0 Å². The van der Waals surface area contributed by atoms with Gasteiger partial charge in [-0.15, -0.1) is 0 Å². The van der Waals surface area contributed by atoms with Crippen LogP contribution in [-0.4, -0.2) is 20.7 Å². The summed E-state index contributed by atoms with van der Waals surface area (Å²) >= 11 is 0. The quantitative estimate of drug-likeness (QED) is 0.449. The van der Waals surface area contributed by atoms with E-state index in [2.05, 4.69) is 10.4 Å². The standard InChI is InChI=1S/C24H20N4O2/c1-13-22-18(12-19(14-7-8-14)26-23(22)28(2)27-13)24(29)25-15-9-10-17-16-5-3-4-6-20(16)30-21(17)11-15/h3-6,9-12,14H,7-8H2,1-2H3,(H,25,29). The Hall–Kier alpha value is -3.67. The van der Waals surface area contributed by atoms with Gasteiger partial charge in [0, 0.05) is 41.2 Å². The van der Waals surface area contributed by atoms with Crippen LogP contribution >= 0.6 is 0 Å². The first-order valence-electron chi connectivity index (χ1n) is 10.2. The molecule has 6 heteroatoms. The topological polar surface area (TPSA) is 73.0 Å². The molecule has 0 spiro atoms. The number of carbonyl (C=O) groups excluding carboxylic acids is 1. The number of aryl methyl sites for hydroxylation is 2. The second kappa shape index (κ2) is 6.16. The first-order chi connectivity index (χ1) is 14.6. The van der Waals surface area contributed by atoms with Crippen LogP contribution in [0.1, 0.15) is 40.5 Å². The highest BCUT2D eigenvalue weighted by atomic mass is 16.3. The van der Waals surface area contributed by atoms with E-state index in [9.17, 15) is 4.79 Å². The molecule has 1 aliphatic carbocycles. The van der Waals surface area contributed by atoms with E-state index in [1.165, 1.54) is 0 Å². The van der Waals surface area contributed by atoms with Crippen molar-refractivity contribution < 1.29 is 9.21 Å². The first-order valence-corrected chi connectivity index (χ1v) is 10.2. The molecule has 0 saturated heterocycles. The summed E-state index contributed by atoms with van der Waals surface area (Å²) in [6, 6.07) is 15.7. The lowest BCUT2D eigenvalue weighted by molar-refractivity contribution is 0.102. The van der Waals surface area contributed by atoms with Gasteiger partial charge < -0.3 is 9.73 Å². The minimum Gasteiger partial charge on any atom is -0.456 e. The van der Waals surface area contributed by atoms with E-state index < -0.39 is 0 Å². The number of hydrogen-bond donors (Lipinski definition) is 1. The highest BCUT2D eigenvalue weighted by molar-refractivity contribution is 6.13. The molecule has 1 N–H and O–H groups in total. The molecule has 0 atom stereocenters. The molecule has 30 heavy (non-hydrogen) atoms. The lowest BCUT2D eigenvalue weighted by Gasteiger charge is -2.09. The highest BCUT2D eigenvalue weighted by Gasteiger charge is 2.28. The van der Waals surface area contributed by atoms with Gasteiger partial charge in [-0.2, -0.15) is 5.10 Å². The number of pyridine rings is 1. The van der Waals surface area contributed by atoms with Gasteiger partial charge in [0.2, 0.25) is 0 Å². The zero-order valence-electron chi connectivity index (χ0n) is 16.8. The Morgan fingerprint density at radius 2 is 1.90 bits per heavy atom. The minimum atomic E-state index is -0.157. The van der Waals surface area contributed by atoms with E-state index in [1.807, 2.05) is 62.5 Å². The number of nitrogens with zero attached hydrogens (tertiary/aromatic N) is 3. The van der Waals surface area contributed by atoms with Gasteiger partial charge >= 0.3 is 0 Å². The number of fused-ring (bicyclic) bond motifs is 4. The third kappa shape index (κ3) is 2.60. The summed E-state index contributed by atoms with van der Waals surface area (Å²) in [6.07, 6.45) is 2.25. The number of aromatic nitrogens is 3. The van der Waals surface area contributed by atoms with Gasteiger partial charge in [-0.1, -0.05) is 18.2 Å². The Kier molecular flexibility index (Phi) is 3.53. The predicted octanol–water partition coefficient (Wildman–Crippen LogP) is 5.31. The van der Waals surface area contributed by atoms with Crippen molar-refractivity contribution in [1.82, 2.24) is 14.8 Å². The fourth-order valence-corrected chi connectivity index (χ4v) is 4.23. The molecule has 2 aromatic carbocycles. The van der Waals surface area contributed by atoms with Gasteiger partial charge in [0.25, 0.3) is 5.91 Å². The molecule has 0 bridgehead atoms. The number of furan rings is 1. The summed E-state index contributed by atoms with van der Waals surface area (Å²) in [5, 5.41) is 10.4. The zero-order chi connectivity index (χ0) is 20.4. The number of benzene rings is 2. The third-order valence-electron chi connectivity index (χ3n) is 5.87. The highest BCUT2D eigenvalue weighted by Crippen LogP contribution is 2.40. The summed E-state index contributed by atoms with van der Waals surface area (Å²) in [7, 11) is 1.87. The maximum absolute atomic E-state index is 13.3. The fraction of sp³-hybridized carbons (Fsp3) is 0.208. The van der Waals surface area contributed by atoms with Crippen LogP contribution in [0.2, 0.25) is 0 Å². The number of carbonyl (C=O) groups is 1. The van der Waals surface area contributed by atoms with Gasteiger partial charge in [-0.05, 0) is 44.0 Å². The molecule has 6 rings (SSSR count). The van der Waals surface area contributed by atoms with Crippen LogP contribution in [0.15, 0.2) is 52.9 Å². The average molecular weight is 396 g/mol. The van der Waals surface area contributed by atoms with E-state index in [1.54, 1.807) is 4.68 Å². The Morgan fingerprint density at radius 3 is 2.73 bits per heavy atom. The van der Waals surface area contributed by atoms with Gasteiger partial charge in [0.1, 0.15) is 11.2 Å². The number of amides is 1. The van der Waals surface area contributed by atoms with E-state index in [-0.39, 0.29) is 5.91 Å². The Labute approximate surface area is 172 Å². The predicted molar refractivity (Wildman–Crippen MR) is 117 cm³/mol. The third-order valence-corrected chi connectivity index (χ3v) is 5.87. The molecule has 5 aromatic rings. The average Bonchev–Trinajstić information content (AvgIpc) is 3.47. The molecule has 3 heterocycles. The SMILES string of the molecule is Cc1nn(C)c2nc(C3CC3)cc(C(=O)Nc3ccc4c(c3)oc3ccccc34)c12. The smallest absolute Gasteiger partial charge is 0.256 e. The van der Waals surface area contributed by atoms with Gasteiger partial charge in [-0.25, -0.2) is 4.98 Å². The molecule has 6 nitrogen and oxygen atoms in total. The van der Waals surface area contributed by atoms with Crippen molar-refractivity contribution in [2.45, 2.75) is 25.7 Å². The number of rotatable bonds is 3. The summed E-state index contributed by atoms with van der Waals surface area (Å²) in [6.45, 7) is 1.91. The summed E-state index contributed by atoms with van der Waals surface area (Å²) in [5.74, 6) is 0.291. The van der Waals surface area contributed by atoms with Crippen molar-refractivity contribution >= 4 is 44.6 Å². The number of anilines is 1. The lowest BCUT2D eigenvalue weighted by atomic mass is 10.1. The summed E-state index contributed by atoms with van der Waals surface area (Å²) in [5.41, 5.74) is 5.46. The maximum Gasteiger partial charge on any atom is 0.256 e. The Balaban J connectivity index is 1.42. The molecule has 1 aliphatic rings. The summed E-state index contributed by atoms with van der Waals surface area (Å²) < 4.78 is 7.71. The van der Waals surface area contributed by atoms with Crippen LogP contribution in [0.5, 0.6) is 0 Å². The van der Waals surface area contributed by atoms with Crippen LogP contribution in [0.3, 0.4) is 0 Å². The van der Waals surface area contributed by atoms with E-state index in [4.69, 9.17) is 9.40 Å². The first kappa shape index (κ1) is 17.2. The lowest BCUT2D eigenvalue weighted by Crippen LogP contribution is -2.13. The molecule has 0 radical (unpaired) electrons. The van der Waals surface area contributed by atoms with Crippen LogP contribution in [0.4, 0.5) is 5.69 Å². The number of hydrogen-bond acceptors (Lipinski definition) is 4. The van der Waals surface area contributed by atoms with Gasteiger partial charge in [0.05, 0.1) is 16.6 Å². The summed E-state index contributed by atoms with van der Waals surface area (Å²) in [4.78, 5) is 18.1. The molecule has 1 fully saturated rings. The van der Waals surface area contributed by atoms with E-state index >= 15 is 0 Å². The van der Waals surface area contributed by atoms with Crippen LogP contribution in [-0.2, 0) is 7.05 Å². The monoisotopic (exact) mass is 396 g/mol. The molecule has 3 aromatic heterocycles. The fourth-order valence-electron chi connectivity index (χ4n) is 4.23. The van der Waals surface area contributed by atoms with Crippen molar-refractivity contribution in [2.24, 2.45) is 7.05 Å². The maximum atomic E-state index is 13.3. The van der Waals surface area contributed by atoms with Crippen LogP contribution in [0, 0.1) is 6.92 Å². The van der Waals surface area contributed by atoms with Gasteiger partial charge in [-0.3, -0.25) is 9.48 Å². The Morgan fingerprint density at radius 1 is 1.10 bits per heavy atom. The number of para-hydroxylation sites is 1. The molecular weight excluding hydrogens is 376 g/mol. The molecule has 1 amide bonds. The second-order valence-electron chi connectivity index (χ2n) is 8.04. The molecule has 0 aliphatic heterocycles.